The Morgan fingerprint density at radius 1 is 1.00 bits per heavy atom. The number of aromatic nitrogens is 5. The number of hydrogen-bond donors (Lipinski definition) is 0. The van der Waals surface area contributed by atoms with Crippen LogP contribution in [0.15, 0.2) is 30.6 Å². The minimum absolute atomic E-state index is 0.149. The van der Waals surface area contributed by atoms with Crippen molar-refractivity contribution < 1.29 is 36.2 Å². The van der Waals surface area contributed by atoms with Gasteiger partial charge in [-0.1, -0.05) is 13.0 Å². The van der Waals surface area contributed by atoms with Gasteiger partial charge in [-0.25, -0.2) is 13.5 Å². The summed E-state index contributed by atoms with van der Waals surface area (Å²) < 4.78 is 91.2. The van der Waals surface area contributed by atoms with Gasteiger partial charge >= 0.3 is 12.2 Å². The zero-order chi connectivity index (χ0) is 33.9. The van der Waals surface area contributed by atoms with Crippen LogP contribution in [0.5, 0.6) is 11.9 Å². The van der Waals surface area contributed by atoms with Crippen LogP contribution in [0.2, 0.25) is 0 Å². The average molecular weight is 683 g/mol. The number of pyridine rings is 1. The number of aryl methyl sites for hydroxylation is 1. The molecule has 6 heterocycles. The molecule has 49 heavy (non-hydrogen) atoms. The fourth-order valence-electron chi connectivity index (χ4n) is 7.95. The maximum atomic E-state index is 17.1. The topological polar surface area (TPSA) is 87.4 Å². The summed E-state index contributed by atoms with van der Waals surface area (Å²) in [6, 6.07) is 4.62. The first-order chi connectivity index (χ1) is 23.7. The highest BCUT2D eigenvalue weighted by Gasteiger charge is 2.45. The Labute approximate surface area is 278 Å². The second-order valence-corrected chi connectivity index (χ2v) is 13.2. The molecule has 8 rings (SSSR count). The molecule has 0 spiro atoms. The molecule has 3 aliphatic heterocycles. The molecule has 0 saturated carbocycles. The number of benzene rings is 2. The zero-order valence-electron chi connectivity index (χ0n) is 27.0. The molecular weight excluding hydrogens is 647 g/mol. The molecule has 0 amide bonds. The summed E-state index contributed by atoms with van der Waals surface area (Å²) in [6.07, 6.45) is 4.59. The number of ether oxygens (including phenoxy) is 3. The standard InChI is InChI=1S/C35H35F5N6O3/c1-2-21-24(36)9-8-20-15-25-22(17-42-46(25)26-7-3-4-14-47-26)28(27(20)21)31-29(37)30-23(16-41-31)32(48-19-35(38,39)40)44-33(43-30)49-18-34-10-5-12-45(34)13-6-11-34/h8-9,15-17,26H,2-7,10-14,18-19H2,1H3. The largest absolute Gasteiger partial charge is 0.467 e. The summed E-state index contributed by atoms with van der Waals surface area (Å²) in [5, 5.41) is 6.12. The number of nitrogens with zero attached hydrogens (tertiary/aromatic N) is 6. The van der Waals surface area contributed by atoms with E-state index in [1.54, 1.807) is 16.9 Å². The van der Waals surface area contributed by atoms with Crippen molar-refractivity contribution in [3.8, 4) is 23.1 Å². The van der Waals surface area contributed by atoms with Gasteiger partial charge in [0.25, 0.3) is 0 Å². The maximum absolute atomic E-state index is 17.1. The summed E-state index contributed by atoms with van der Waals surface area (Å²) in [5.74, 6) is -1.87. The van der Waals surface area contributed by atoms with Crippen molar-refractivity contribution in [2.75, 3.05) is 32.9 Å². The Morgan fingerprint density at radius 2 is 1.82 bits per heavy atom. The van der Waals surface area contributed by atoms with Gasteiger partial charge < -0.3 is 14.2 Å². The predicted octanol–water partition coefficient (Wildman–Crippen LogP) is 7.68. The average Bonchev–Trinajstić information content (AvgIpc) is 3.81. The monoisotopic (exact) mass is 682 g/mol. The number of alkyl halides is 3. The number of hydrogen-bond acceptors (Lipinski definition) is 8. The van der Waals surface area contributed by atoms with Crippen LogP contribution in [0.1, 0.15) is 63.7 Å². The minimum atomic E-state index is -4.67. The predicted molar refractivity (Wildman–Crippen MR) is 172 cm³/mol. The fourth-order valence-corrected chi connectivity index (χ4v) is 7.95. The van der Waals surface area contributed by atoms with E-state index >= 15 is 8.78 Å². The first-order valence-corrected chi connectivity index (χ1v) is 16.8. The molecule has 0 bridgehead atoms. The third kappa shape index (κ3) is 5.62. The van der Waals surface area contributed by atoms with Gasteiger partial charge in [-0.2, -0.15) is 28.2 Å². The Morgan fingerprint density at radius 3 is 2.55 bits per heavy atom. The van der Waals surface area contributed by atoms with E-state index in [0.717, 1.165) is 58.0 Å². The van der Waals surface area contributed by atoms with E-state index in [1.165, 1.54) is 12.3 Å². The Balaban J connectivity index is 1.31. The molecule has 3 aromatic heterocycles. The van der Waals surface area contributed by atoms with Gasteiger partial charge in [0.15, 0.2) is 18.7 Å². The van der Waals surface area contributed by atoms with Crippen LogP contribution in [-0.2, 0) is 11.2 Å². The van der Waals surface area contributed by atoms with E-state index < -0.39 is 30.3 Å². The highest BCUT2D eigenvalue weighted by atomic mass is 19.4. The van der Waals surface area contributed by atoms with Crippen molar-refractivity contribution in [1.82, 2.24) is 29.6 Å². The van der Waals surface area contributed by atoms with Gasteiger partial charge in [0.05, 0.1) is 22.6 Å². The van der Waals surface area contributed by atoms with E-state index in [-0.39, 0.29) is 41.0 Å². The highest BCUT2D eigenvalue weighted by molar-refractivity contribution is 6.13. The Hall–Kier alpha value is -4.17. The van der Waals surface area contributed by atoms with Crippen molar-refractivity contribution in [2.24, 2.45) is 0 Å². The molecule has 1 atom stereocenters. The lowest BCUT2D eigenvalue weighted by molar-refractivity contribution is -0.153. The van der Waals surface area contributed by atoms with Gasteiger partial charge in [-0.15, -0.1) is 0 Å². The molecule has 9 nitrogen and oxygen atoms in total. The molecule has 14 heteroatoms. The lowest BCUT2D eigenvalue weighted by Gasteiger charge is -2.31. The zero-order valence-corrected chi connectivity index (χ0v) is 27.0. The lowest BCUT2D eigenvalue weighted by atomic mass is 9.92. The first-order valence-electron chi connectivity index (χ1n) is 16.8. The number of rotatable bonds is 8. The summed E-state index contributed by atoms with van der Waals surface area (Å²) in [6.45, 7) is 2.84. The molecule has 3 fully saturated rings. The van der Waals surface area contributed by atoms with Crippen LogP contribution in [0.25, 0.3) is 43.8 Å². The number of fused-ring (bicyclic) bond motifs is 4. The first kappa shape index (κ1) is 32.1. The second-order valence-electron chi connectivity index (χ2n) is 13.2. The summed E-state index contributed by atoms with van der Waals surface area (Å²) >= 11 is 0. The summed E-state index contributed by atoms with van der Waals surface area (Å²) in [5.41, 5.74) is 0.634. The van der Waals surface area contributed by atoms with Gasteiger partial charge in [-0.3, -0.25) is 9.88 Å². The third-order valence-electron chi connectivity index (χ3n) is 10.2. The third-order valence-corrected chi connectivity index (χ3v) is 10.2. The Kier molecular flexibility index (Phi) is 8.05. The molecule has 5 aromatic rings. The van der Waals surface area contributed by atoms with Crippen molar-refractivity contribution in [3.63, 3.8) is 0 Å². The van der Waals surface area contributed by atoms with Gasteiger partial charge in [-0.05, 0) is 92.9 Å². The van der Waals surface area contributed by atoms with Gasteiger partial charge in [0.2, 0.25) is 5.88 Å². The molecular formula is C35H35F5N6O3. The summed E-state index contributed by atoms with van der Waals surface area (Å²) in [4.78, 5) is 15.3. The van der Waals surface area contributed by atoms with Crippen LogP contribution in [0.3, 0.4) is 0 Å². The van der Waals surface area contributed by atoms with Crippen LogP contribution in [0, 0.1) is 11.6 Å². The smallest absolute Gasteiger partial charge is 0.422 e. The normalized spacial score (nSPS) is 19.7. The van der Waals surface area contributed by atoms with Crippen molar-refractivity contribution in [3.05, 3.63) is 47.8 Å². The van der Waals surface area contributed by atoms with E-state index in [1.807, 2.05) is 13.0 Å². The molecule has 258 valence electrons. The number of halogens is 5. The fraction of sp³-hybridized carbons (Fsp3) is 0.486. The molecule has 3 saturated heterocycles. The van der Waals surface area contributed by atoms with Crippen LogP contribution in [0.4, 0.5) is 22.0 Å². The minimum Gasteiger partial charge on any atom is -0.467 e. The van der Waals surface area contributed by atoms with Crippen molar-refractivity contribution >= 4 is 32.6 Å². The lowest BCUT2D eigenvalue weighted by Crippen LogP contribution is -2.43. The Bertz CT molecular complexity index is 2050. The van der Waals surface area contributed by atoms with E-state index in [9.17, 15) is 13.2 Å². The van der Waals surface area contributed by atoms with Gasteiger partial charge in [0.1, 0.15) is 23.6 Å². The van der Waals surface area contributed by atoms with Gasteiger partial charge in [0, 0.05) is 23.8 Å². The van der Waals surface area contributed by atoms with Crippen LogP contribution >= 0.6 is 0 Å². The molecule has 0 radical (unpaired) electrons. The molecule has 2 aromatic carbocycles. The van der Waals surface area contributed by atoms with Crippen LogP contribution < -0.4 is 9.47 Å². The molecule has 0 aliphatic carbocycles. The molecule has 3 aliphatic rings. The van der Waals surface area contributed by atoms with E-state index in [0.29, 0.717) is 45.8 Å². The second kappa shape index (κ2) is 12.3. The maximum Gasteiger partial charge on any atom is 0.422 e. The SMILES string of the molecule is CCc1c(F)ccc2cc3c(cnn3C3CCCCO3)c(-c3ncc4c(OCC(F)(F)F)nc(OCC56CCCN5CCC6)nc4c3F)c12. The quantitative estimate of drug-likeness (QED) is 0.154. The van der Waals surface area contributed by atoms with Crippen molar-refractivity contribution in [2.45, 2.75) is 76.2 Å². The van der Waals surface area contributed by atoms with Crippen molar-refractivity contribution in [1.29, 1.82) is 0 Å². The molecule has 1 unspecified atom stereocenters. The van der Waals surface area contributed by atoms with E-state index in [4.69, 9.17) is 14.2 Å². The summed E-state index contributed by atoms with van der Waals surface area (Å²) in [7, 11) is 0. The highest BCUT2D eigenvalue weighted by Crippen LogP contribution is 2.43. The van der Waals surface area contributed by atoms with Crippen LogP contribution in [-0.4, -0.2) is 74.3 Å². The van der Waals surface area contributed by atoms with E-state index in [2.05, 4.69) is 25.0 Å². The molecule has 0 N–H and O–H groups in total.